The highest BCUT2D eigenvalue weighted by Crippen LogP contribution is 2.18. The van der Waals surface area contributed by atoms with Crippen LogP contribution in [0.25, 0.3) is 0 Å². The first-order valence-electron chi connectivity index (χ1n) is 3.62. The van der Waals surface area contributed by atoms with Crippen molar-refractivity contribution in [2.45, 2.75) is 6.92 Å². The van der Waals surface area contributed by atoms with Gasteiger partial charge in [-0.2, -0.15) is 0 Å². The highest BCUT2D eigenvalue weighted by Gasteiger charge is 2.12. The maximum absolute atomic E-state index is 11.1. The Bertz CT molecular complexity index is 332. The molecule has 13 heavy (non-hydrogen) atoms. The van der Waals surface area contributed by atoms with Crippen molar-refractivity contribution in [3.05, 3.63) is 21.9 Å². The Morgan fingerprint density at radius 3 is 2.54 bits per heavy atom. The Labute approximate surface area is 84.3 Å². The van der Waals surface area contributed by atoms with E-state index >= 15 is 0 Å². The normalized spacial score (nSPS) is 9.69. The third-order valence-corrected chi connectivity index (χ3v) is 2.66. The maximum atomic E-state index is 11.1. The van der Waals surface area contributed by atoms with E-state index in [0.29, 0.717) is 16.4 Å². The molecule has 1 aromatic heterocycles. The van der Waals surface area contributed by atoms with Crippen LogP contribution in [0.15, 0.2) is 12.1 Å². The van der Waals surface area contributed by atoms with Crippen molar-refractivity contribution >= 4 is 34.1 Å². The predicted octanol–water partition coefficient (Wildman–Crippen LogP) is 2.30. The summed E-state index contributed by atoms with van der Waals surface area (Å²) >= 11 is 6.25. The molecule has 70 valence electrons. The minimum absolute atomic E-state index is 0.320. The van der Waals surface area contributed by atoms with Gasteiger partial charge < -0.3 is 4.74 Å². The molecule has 3 nitrogen and oxygen atoms in total. The van der Waals surface area contributed by atoms with E-state index in [2.05, 4.69) is 0 Å². The summed E-state index contributed by atoms with van der Waals surface area (Å²) in [6, 6.07) is 3.03. The molecule has 1 rings (SSSR count). The molecular formula is C8H7ClO3S. The fraction of sp³-hybridized carbons (Fsp3) is 0.250. The van der Waals surface area contributed by atoms with Crippen LogP contribution in [0.3, 0.4) is 0 Å². The number of ether oxygens (including phenoxy) is 1. The quantitative estimate of drug-likeness (QED) is 0.578. The number of rotatable bonds is 3. The van der Waals surface area contributed by atoms with Crippen LogP contribution in [-0.2, 0) is 4.74 Å². The lowest BCUT2D eigenvalue weighted by Gasteiger charge is -1.96. The molecule has 0 saturated heterocycles. The number of carbonyl (C=O) groups is 2. The van der Waals surface area contributed by atoms with Gasteiger partial charge in [-0.3, -0.25) is 4.79 Å². The van der Waals surface area contributed by atoms with E-state index < -0.39 is 11.2 Å². The van der Waals surface area contributed by atoms with Crippen molar-refractivity contribution in [1.29, 1.82) is 0 Å². The van der Waals surface area contributed by atoms with Crippen LogP contribution in [-0.4, -0.2) is 17.8 Å². The van der Waals surface area contributed by atoms with Crippen LogP contribution in [0.5, 0.6) is 0 Å². The molecule has 0 amide bonds. The van der Waals surface area contributed by atoms with Crippen molar-refractivity contribution in [3.8, 4) is 0 Å². The van der Waals surface area contributed by atoms with E-state index in [1.54, 1.807) is 6.92 Å². The summed E-state index contributed by atoms with van der Waals surface area (Å²) in [5, 5.41) is -0.555. The Morgan fingerprint density at radius 1 is 1.46 bits per heavy atom. The molecule has 5 heteroatoms. The van der Waals surface area contributed by atoms with Gasteiger partial charge in [-0.25, -0.2) is 4.79 Å². The topological polar surface area (TPSA) is 43.4 Å². The average molecular weight is 219 g/mol. The monoisotopic (exact) mass is 218 g/mol. The second kappa shape index (κ2) is 4.39. The Kier molecular flexibility index (Phi) is 3.45. The number of halogens is 1. The minimum Gasteiger partial charge on any atom is -0.462 e. The molecule has 0 atom stereocenters. The summed E-state index contributed by atoms with van der Waals surface area (Å²) in [5.41, 5.74) is 0. The van der Waals surface area contributed by atoms with Crippen LogP contribution in [0.1, 0.15) is 26.3 Å². The standard InChI is InChI=1S/C8H7ClO3S/c1-2-12-8(11)6-4-3-5(13-6)7(9)10/h3-4H,2H2,1H3. The number of hydrogen-bond acceptors (Lipinski definition) is 4. The van der Waals surface area contributed by atoms with Gasteiger partial charge in [0.2, 0.25) is 0 Å². The van der Waals surface area contributed by atoms with Crippen molar-refractivity contribution in [2.24, 2.45) is 0 Å². The smallest absolute Gasteiger partial charge is 0.348 e. The summed E-state index contributed by atoms with van der Waals surface area (Å²) in [6.45, 7) is 2.04. The number of hydrogen-bond donors (Lipinski definition) is 0. The third-order valence-electron chi connectivity index (χ3n) is 1.28. The van der Waals surface area contributed by atoms with E-state index in [9.17, 15) is 9.59 Å². The molecule has 1 aromatic rings. The molecule has 0 aliphatic rings. The first kappa shape index (κ1) is 10.2. The van der Waals surface area contributed by atoms with Gasteiger partial charge in [0.1, 0.15) is 4.88 Å². The van der Waals surface area contributed by atoms with Crippen LogP contribution in [0.4, 0.5) is 0 Å². The van der Waals surface area contributed by atoms with Gasteiger partial charge in [0.25, 0.3) is 5.24 Å². The molecule has 0 saturated carbocycles. The molecule has 0 N–H and O–H groups in total. The molecule has 0 aliphatic heterocycles. The highest BCUT2D eigenvalue weighted by atomic mass is 35.5. The second-order valence-corrected chi connectivity index (χ2v) is 3.59. The molecule has 0 radical (unpaired) electrons. The van der Waals surface area contributed by atoms with E-state index in [-0.39, 0.29) is 0 Å². The fourth-order valence-corrected chi connectivity index (χ4v) is 1.67. The summed E-state index contributed by atoms with van der Waals surface area (Å²) in [4.78, 5) is 22.5. The Balaban J connectivity index is 2.79. The van der Waals surface area contributed by atoms with Crippen LogP contribution >= 0.6 is 22.9 Å². The summed E-state index contributed by atoms with van der Waals surface area (Å²) in [5.74, 6) is -0.420. The van der Waals surface area contributed by atoms with Crippen LogP contribution in [0, 0.1) is 0 Å². The van der Waals surface area contributed by atoms with E-state index in [1.807, 2.05) is 0 Å². The molecule has 0 aromatic carbocycles. The lowest BCUT2D eigenvalue weighted by Crippen LogP contribution is -2.01. The predicted molar refractivity (Wildman–Crippen MR) is 50.5 cm³/mol. The molecule has 1 heterocycles. The van der Waals surface area contributed by atoms with Gasteiger partial charge in [-0.1, -0.05) is 0 Å². The molecule has 0 unspecified atom stereocenters. The lowest BCUT2D eigenvalue weighted by atomic mass is 10.4. The number of thiophene rings is 1. The summed E-state index contributed by atoms with van der Waals surface area (Å²) in [7, 11) is 0. The lowest BCUT2D eigenvalue weighted by molar-refractivity contribution is 0.0532. The number of carbonyl (C=O) groups excluding carboxylic acids is 2. The van der Waals surface area contributed by atoms with Crippen LogP contribution in [0.2, 0.25) is 0 Å². The third kappa shape index (κ3) is 2.54. The van der Waals surface area contributed by atoms with Gasteiger partial charge in [0, 0.05) is 0 Å². The largest absolute Gasteiger partial charge is 0.462 e. The van der Waals surface area contributed by atoms with Gasteiger partial charge in [-0.15, -0.1) is 11.3 Å². The second-order valence-electron chi connectivity index (χ2n) is 2.16. The Morgan fingerprint density at radius 2 is 2.08 bits per heavy atom. The van der Waals surface area contributed by atoms with E-state index in [0.717, 1.165) is 11.3 Å². The van der Waals surface area contributed by atoms with Gasteiger partial charge >= 0.3 is 5.97 Å². The molecule has 0 spiro atoms. The average Bonchev–Trinajstić information content (AvgIpc) is 2.52. The SMILES string of the molecule is CCOC(=O)c1ccc(C(=O)Cl)s1. The molecular weight excluding hydrogens is 212 g/mol. The van der Waals surface area contributed by atoms with Gasteiger partial charge in [0.15, 0.2) is 0 Å². The first-order valence-corrected chi connectivity index (χ1v) is 4.81. The number of esters is 1. The van der Waals surface area contributed by atoms with Gasteiger partial charge in [-0.05, 0) is 30.7 Å². The summed E-state index contributed by atoms with van der Waals surface area (Å²) < 4.78 is 4.74. The molecule has 0 aliphatic carbocycles. The summed E-state index contributed by atoms with van der Waals surface area (Å²) in [6.07, 6.45) is 0. The van der Waals surface area contributed by atoms with E-state index in [1.165, 1.54) is 12.1 Å². The molecule has 0 fully saturated rings. The van der Waals surface area contributed by atoms with Crippen molar-refractivity contribution in [1.82, 2.24) is 0 Å². The Hall–Kier alpha value is -0.870. The van der Waals surface area contributed by atoms with Crippen molar-refractivity contribution in [3.63, 3.8) is 0 Å². The van der Waals surface area contributed by atoms with Crippen molar-refractivity contribution in [2.75, 3.05) is 6.61 Å². The minimum atomic E-state index is -0.555. The zero-order valence-electron chi connectivity index (χ0n) is 6.87. The maximum Gasteiger partial charge on any atom is 0.348 e. The van der Waals surface area contributed by atoms with Gasteiger partial charge in [0.05, 0.1) is 11.5 Å². The van der Waals surface area contributed by atoms with E-state index in [4.69, 9.17) is 16.3 Å². The highest BCUT2D eigenvalue weighted by molar-refractivity contribution is 7.17. The fourth-order valence-electron chi connectivity index (χ4n) is 0.755. The van der Waals surface area contributed by atoms with Crippen LogP contribution < -0.4 is 0 Å². The first-order chi connectivity index (χ1) is 6.15. The molecule has 0 bridgehead atoms. The van der Waals surface area contributed by atoms with Crippen molar-refractivity contribution < 1.29 is 14.3 Å². The zero-order valence-corrected chi connectivity index (χ0v) is 8.45. The zero-order chi connectivity index (χ0) is 9.84.